The minimum Gasteiger partial charge on any atom is -0.489 e. The van der Waals surface area contributed by atoms with Crippen LogP contribution in [0.1, 0.15) is 23.6 Å². The van der Waals surface area contributed by atoms with Crippen LogP contribution in [0, 0.1) is 0 Å². The van der Waals surface area contributed by atoms with Gasteiger partial charge >= 0.3 is 6.18 Å². The van der Waals surface area contributed by atoms with E-state index in [9.17, 15) is 18.0 Å². The first-order valence-corrected chi connectivity index (χ1v) is 9.97. The van der Waals surface area contributed by atoms with Gasteiger partial charge in [-0.15, -0.1) is 0 Å². The molecule has 0 radical (unpaired) electrons. The second-order valence-corrected chi connectivity index (χ2v) is 7.09. The van der Waals surface area contributed by atoms with Crippen molar-refractivity contribution in [3.8, 4) is 5.75 Å². The van der Waals surface area contributed by atoms with E-state index >= 15 is 0 Å². The average Bonchev–Trinajstić information content (AvgIpc) is 2.81. The van der Waals surface area contributed by atoms with Crippen molar-refractivity contribution in [3.63, 3.8) is 0 Å². The third kappa shape index (κ3) is 6.99. The number of oxime groups is 1. The van der Waals surface area contributed by atoms with Crippen LogP contribution < -0.4 is 15.8 Å². The van der Waals surface area contributed by atoms with Crippen LogP contribution in [0.25, 0.3) is 0 Å². The maximum Gasteiger partial charge on any atom is 0.416 e. The van der Waals surface area contributed by atoms with Gasteiger partial charge in [0.05, 0.1) is 5.56 Å². The third-order valence-corrected chi connectivity index (χ3v) is 4.56. The molecule has 1 atom stereocenters. The molecule has 0 aliphatic carbocycles. The van der Waals surface area contributed by atoms with E-state index in [1.165, 1.54) is 6.92 Å². The Morgan fingerprint density at radius 3 is 2.24 bits per heavy atom. The number of amidine groups is 1. The number of ether oxygens (including phenoxy) is 1. The normalized spacial score (nSPS) is 12.7. The Kier molecular flexibility index (Phi) is 7.55. The van der Waals surface area contributed by atoms with Crippen molar-refractivity contribution < 1.29 is 27.5 Å². The van der Waals surface area contributed by atoms with Crippen molar-refractivity contribution in [2.75, 3.05) is 5.32 Å². The predicted molar refractivity (Wildman–Crippen MR) is 119 cm³/mol. The molecular formula is C24H22F3N3O3. The molecule has 172 valence electrons. The number of nitrogens with zero attached hydrogens (tertiary/aromatic N) is 1. The Morgan fingerprint density at radius 1 is 1.00 bits per heavy atom. The lowest BCUT2D eigenvalue weighted by Crippen LogP contribution is -2.27. The molecule has 1 unspecified atom stereocenters. The SMILES string of the molecule is CC(O/N=C(\N)c1ccc(OCc2ccccc2)cc1)C(=O)Nc1ccc(C(F)(F)F)cc1. The standard InChI is InChI=1S/C24H22F3N3O3/c1-16(23(31)29-20-11-9-19(10-12-20)24(25,26)27)33-30-22(28)18-7-13-21(14-8-18)32-15-17-5-3-2-4-6-17/h2-14,16H,15H2,1H3,(H2,28,30)(H,29,31). The lowest BCUT2D eigenvalue weighted by atomic mass is 10.2. The maximum absolute atomic E-state index is 12.6. The zero-order valence-electron chi connectivity index (χ0n) is 17.7. The largest absolute Gasteiger partial charge is 0.489 e. The number of nitrogens with two attached hydrogens (primary N) is 1. The van der Waals surface area contributed by atoms with Gasteiger partial charge in [-0.1, -0.05) is 35.5 Å². The van der Waals surface area contributed by atoms with Crippen LogP contribution in [-0.2, 0) is 22.4 Å². The monoisotopic (exact) mass is 457 g/mol. The van der Waals surface area contributed by atoms with Gasteiger partial charge in [0.1, 0.15) is 12.4 Å². The fourth-order valence-electron chi connectivity index (χ4n) is 2.69. The van der Waals surface area contributed by atoms with Crippen LogP contribution in [0.5, 0.6) is 5.75 Å². The zero-order chi connectivity index (χ0) is 23.8. The molecule has 3 aromatic carbocycles. The molecule has 0 fully saturated rings. The summed E-state index contributed by atoms with van der Waals surface area (Å²) in [5.74, 6) is 0.121. The molecule has 0 saturated heterocycles. The van der Waals surface area contributed by atoms with Crippen LogP contribution in [-0.4, -0.2) is 17.8 Å². The van der Waals surface area contributed by atoms with Gasteiger partial charge in [-0.05, 0) is 61.0 Å². The number of hydrogen-bond acceptors (Lipinski definition) is 4. The fraction of sp³-hybridized carbons (Fsp3) is 0.167. The van der Waals surface area contributed by atoms with Crippen LogP contribution in [0.15, 0.2) is 84.0 Å². The van der Waals surface area contributed by atoms with Crippen LogP contribution in [0.2, 0.25) is 0 Å². The molecule has 3 aromatic rings. The summed E-state index contributed by atoms with van der Waals surface area (Å²) in [6.45, 7) is 1.87. The van der Waals surface area contributed by atoms with Crippen molar-refractivity contribution in [1.82, 2.24) is 0 Å². The first kappa shape index (κ1) is 23.6. The van der Waals surface area contributed by atoms with Gasteiger partial charge in [0, 0.05) is 11.3 Å². The van der Waals surface area contributed by atoms with E-state index < -0.39 is 23.8 Å². The lowest BCUT2D eigenvalue weighted by Gasteiger charge is -2.12. The number of carbonyl (C=O) groups excluding carboxylic acids is 1. The Labute approximate surface area is 188 Å². The molecule has 1 amide bonds. The zero-order valence-corrected chi connectivity index (χ0v) is 17.7. The molecule has 0 aliphatic rings. The Hall–Kier alpha value is -4.01. The van der Waals surface area contributed by atoms with Crippen molar-refractivity contribution in [3.05, 3.63) is 95.6 Å². The number of benzene rings is 3. The van der Waals surface area contributed by atoms with Crippen molar-refractivity contribution in [2.45, 2.75) is 25.8 Å². The fourth-order valence-corrected chi connectivity index (χ4v) is 2.69. The lowest BCUT2D eigenvalue weighted by molar-refractivity contribution is -0.137. The van der Waals surface area contributed by atoms with E-state index in [4.69, 9.17) is 15.3 Å². The smallest absolute Gasteiger partial charge is 0.416 e. The summed E-state index contributed by atoms with van der Waals surface area (Å²) < 4.78 is 43.6. The van der Waals surface area contributed by atoms with E-state index in [1.807, 2.05) is 30.3 Å². The molecule has 9 heteroatoms. The number of hydrogen-bond donors (Lipinski definition) is 2. The number of alkyl halides is 3. The molecule has 0 bridgehead atoms. The van der Waals surface area contributed by atoms with E-state index in [2.05, 4.69) is 10.5 Å². The molecule has 0 aromatic heterocycles. The van der Waals surface area contributed by atoms with Crippen LogP contribution in [0.4, 0.5) is 18.9 Å². The van der Waals surface area contributed by atoms with E-state index in [0.717, 1.165) is 29.8 Å². The van der Waals surface area contributed by atoms with Crippen LogP contribution in [0.3, 0.4) is 0 Å². The summed E-state index contributed by atoms with van der Waals surface area (Å²) in [5.41, 5.74) is 6.92. The molecule has 6 nitrogen and oxygen atoms in total. The topological polar surface area (TPSA) is 85.9 Å². The second kappa shape index (κ2) is 10.5. The van der Waals surface area contributed by atoms with Gasteiger partial charge in [-0.2, -0.15) is 13.2 Å². The summed E-state index contributed by atoms with van der Waals surface area (Å²) in [6.07, 6.45) is -5.48. The van der Waals surface area contributed by atoms with Gasteiger partial charge in [0.25, 0.3) is 5.91 Å². The number of anilines is 1. The van der Waals surface area contributed by atoms with Crippen molar-refractivity contribution >= 4 is 17.4 Å². The minimum atomic E-state index is -4.45. The summed E-state index contributed by atoms with van der Waals surface area (Å²) in [6, 6.07) is 20.7. The van der Waals surface area contributed by atoms with Crippen molar-refractivity contribution in [2.24, 2.45) is 10.9 Å². The minimum absolute atomic E-state index is 0.0544. The second-order valence-electron chi connectivity index (χ2n) is 7.09. The number of carbonyl (C=O) groups is 1. The highest BCUT2D eigenvalue weighted by Gasteiger charge is 2.30. The van der Waals surface area contributed by atoms with Gasteiger partial charge < -0.3 is 20.6 Å². The highest BCUT2D eigenvalue weighted by molar-refractivity contribution is 5.97. The van der Waals surface area contributed by atoms with Gasteiger partial charge in [-0.25, -0.2) is 0 Å². The first-order chi connectivity index (χ1) is 15.7. The molecule has 0 aliphatic heterocycles. The summed E-state index contributed by atoms with van der Waals surface area (Å²) in [5, 5.41) is 6.23. The number of amides is 1. The van der Waals surface area contributed by atoms with Crippen LogP contribution >= 0.6 is 0 Å². The van der Waals surface area contributed by atoms with Gasteiger partial charge in [0.2, 0.25) is 6.10 Å². The van der Waals surface area contributed by atoms with Crippen molar-refractivity contribution in [1.29, 1.82) is 0 Å². The number of halogens is 3. The summed E-state index contributed by atoms with van der Waals surface area (Å²) in [7, 11) is 0. The van der Waals surface area contributed by atoms with E-state index in [-0.39, 0.29) is 11.5 Å². The van der Waals surface area contributed by atoms with Gasteiger partial charge in [0.15, 0.2) is 5.84 Å². The number of rotatable bonds is 8. The van der Waals surface area contributed by atoms with E-state index in [1.54, 1.807) is 24.3 Å². The Morgan fingerprint density at radius 2 is 1.64 bits per heavy atom. The molecule has 0 heterocycles. The Bertz CT molecular complexity index is 1080. The molecule has 0 saturated carbocycles. The molecular weight excluding hydrogens is 435 g/mol. The molecule has 3 N–H and O–H groups in total. The molecule has 0 spiro atoms. The third-order valence-electron chi connectivity index (χ3n) is 4.56. The first-order valence-electron chi connectivity index (χ1n) is 9.97. The average molecular weight is 457 g/mol. The highest BCUT2D eigenvalue weighted by Crippen LogP contribution is 2.29. The molecule has 33 heavy (non-hydrogen) atoms. The quantitative estimate of drug-likeness (QED) is 0.285. The maximum atomic E-state index is 12.6. The molecule has 3 rings (SSSR count). The highest BCUT2D eigenvalue weighted by atomic mass is 19.4. The predicted octanol–water partition coefficient (Wildman–Crippen LogP) is 4.95. The summed E-state index contributed by atoms with van der Waals surface area (Å²) >= 11 is 0. The van der Waals surface area contributed by atoms with E-state index in [0.29, 0.717) is 17.9 Å². The number of nitrogens with one attached hydrogen (secondary N) is 1. The summed E-state index contributed by atoms with van der Waals surface area (Å²) in [4.78, 5) is 17.3. The van der Waals surface area contributed by atoms with Gasteiger partial charge in [-0.3, -0.25) is 4.79 Å². The Balaban J connectivity index is 1.51.